The van der Waals surface area contributed by atoms with Crippen molar-refractivity contribution in [3.8, 4) is 22.3 Å². The van der Waals surface area contributed by atoms with Crippen LogP contribution in [0, 0.1) is 6.92 Å². The van der Waals surface area contributed by atoms with Crippen molar-refractivity contribution >= 4 is 57.4 Å². The Morgan fingerprint density at radius 1 is 0.532 bits per heavy atom. The van der Waals surface area contributed by atoms with Crippen LogP contribution in [0.2, 0.25) is 0 Å². The second kappa shape index (κ2) is 12.6. The maximum atomic E-state index is 7.31. The van der Waals surface area contributed by atoms with E-state index in [-0.39, 0.29) is 33.9 Å². The van der Waals surface area contributed by atoms with Gasteiger partial charge in [0.25, 0.3) is 0 Å². The quantitative estimate of drug-likeness (QED) is 0.162. The van der Waals surface area contributed by atoms with E-state index in [1.807, 2.05) is 0 Å². The van der Waals surface area contributed by atoms with Crippen LogP contribution in [0.15, 0.2) is 114 Å². The van der Waals surface area contributed by atoms with Crippen LogP contribution in [-0.2, 0) is 27.1 Å². The van der Waals surface area contributed by atoms with Crippen LogP contribution in [0.3, 0.4) is 0 Å². The lowest BCUT2D eigenvalue weighted by atomic mass is 9.43. The van der Waals surface area contributed by atoms with E-state index in [9.17, 15) is 0 Å². The van der Waals surface area contributed by atoms with Crippen LogP contribution in [0.25, 0.3) is 33.2 Å². The van der Waals surface area contributed by atoms with Gasteiger partial charge < -0.3 is 9.23 Å². The molecule has 0 unspecified atom stereocenters. The summed E-state index contributed by atoms with van der Waals surface area (Å²) < 4.78 is 7.31. The summed E-state index contributed by atoms with van der Waals surface area (Å²) in [6.45, 7) is 30.8. The molecule has 7 aromatic rings. The van der Waals surface area contributed by atoms with Gasteiger partial charge in [0.05, 0.1) is 5.69 Å². The topological polar surface area (TPSA) is 19.6 Å². The van der Waals surface area contributed by atoms with Gasteiger partial charge in [-0.1, -0.05) is 150 Å². The highest BCUT2D eigenvalue weighted by Crippen LogP contribution is 2.56. The van der Waals surface area contributed by atoms with Crippen molar-refractivity contribution in [3.63, 3.8) is 0 Å². The van der Waals surface area contributed by atoms with E-state index >= 15 is 0 Å². The molecule has 312 valence electrons. The summed E-state index contributed by atoms with van der Waals surface area (Å²) >= 11 is 0. The summed E-state index contributed by atoms with van der Waals surface area (Å²) in [6.07, 6.45) is 2.34. The Morgan fingerprint density at radius 2 is 1.16 bits per heavy atom. The summed E-state index contributed by atoms with van der Waals surface area (Å²) in [6, 6.07) is 42.5. The van der Waals surface area contributed by atoms with Crippen molar-refractivity contribution in [3.05, 3.63) is 148 Å². The number of aryl methyl sites for hydroxylation is 1. The fraction of sp³-hybridized carbons (Fsp3) is 0.345. The lowest BCUT2D eigenvalue weighted by molar-refractivity contribution is 0.332. The smallest absolute Gasteiger partial charge is 0.337 e. The fourth-order valence-electron chi connectivity index (χ4n) is 11.7. The van der Waals surface area contributed by atoms with E-state index in [1.54, 1.807) is 0 Å². The normalized spacial score (nSPS) is 17.6. The predicted octanol–water partition coefficient (Wildman–Crippen LogP) is 14.7. The Bertz CT molecular complexity index is 3040. The molecule has 1 aromatic heterocycles. The second-order valence-corrected chi connectivity index (χ2v) is 23.0. The Labute approximate surface area is 370 Å². The average molecular weight is 813 g/mol. The van der Waals surface area contributed by atoms with Gasteiger partial charge in [0.15, 0.2) is 0 Å². The van der Waals surface area contributed by atoms with Crippen LogP contribution >= 0.6 is 0 Å². The standard InChI is InChI=1S/C58H61BN2O/c1-34-28-45-46(57(10,11)27-26-56(45,8)9)33-47(34)60-49-30-36(55(5,6)7)29-42-41-31-40-38-18-14-16-20-43(38)58(12,13)44(40)32-48(41)61(37-24-22-35(23-25-37)54(2,3)4)59(51(42)49)52-39-19-15-17-21-50(39)62-53(52)60/h14-25,28-33H,26-27H2,1-13H3. The molecule has 4 aliphatic rings. The predicted molar refractivity (Wildman–Crippen MR) is 265 cm³/mol. The Balaban J connectivity index is 1.29. The molecule has 0 atom stereocenters. The van der Waals surface area contributed by atoms with Gasteiger partial charge in [-0.15, -0.1) is 0 Å². The van der Waals surface area contributed by atoms with Crippen LogP contribution in [0.5, 0.6) is 0 Å². The van der Waals surface area contributed by atoms with Crippen molar-refractivity contribution in [1.82, 2.24) is 0 Å². The molecule has 0 amide bonds. The number of benzene rings is 6. The second-order valence-electron chi connectivity index (χ2n) is 23.0. The molecular formula is C58H61BN2O. The highest BCUT2D eigenvalue weighted by molar-refractivity contribution is 6.95. The molecule has 2 aliphatic carbocycles. The third-order valence-electron chi connectivity index (χ3n) is 15.6. The van der Waals surface area contributed by atoms with Crippen molar-refractivity contribution in [1.29, 1.82) is 0 Å². The summed E-state index contributed by atoms with van der Waals surface area (Å²) in [5.74, 6) is 0.922. The van der Waals surface area contributed by atoms with Crippen molar-refractivity contribution in [2.75, 3.05) is 9.71 Å². The number of hydrogen-bond donors (Lipinski definition) is 0. The summed E-state index contributed by atoms with van der Waals surface area (Å²) in [7, 11) is 0. The van der Waals surface area contributed by atoms with Crippen LogP contribution in [0.1, 0.15) is 135 Å². The van der Waals surface area contributed by atoms with Crippen LogP contribution < -0.4 is 20.6 Å². The van der Waals surface area contributed by atoms with Gasteiger partial charge in [-0.25, -0.2) is 0 Å². The number of para-hydroxylation sites is 1. The van der Waals surface area contributed by atoms with Crippen molar-refractivity contribution < 1.29 is 4.42 Å². The Kier molecular flexibility index (Phi) is 7.99. The van der Waals surface area contributed by atoms with Gasteiger partial charge in [-0.05, 0) is 145 Å². The van der Waals surface area contributed by atoms with Gasteiger partial charge in [0.2, 0.25) is 5.88 Å². The average Bonchev–Trinajstić information content (AvgIpc) is 3.70. The van der Waals surface area contributed by atoms with Crippen LogP contribution in [-0.4, -0.2) is 6.85 Å². The number of anilines is 5. The van der Waals surface area contributed by atoms with E-state index in [1.165, 1.54) is 107 Å². The number of fused-ring (bicyclic) bond motifs is 10. The first-order valence-electron chi connectivity index (χ1n) is 23.0. The molecule has 2 aliphatic heterocycles. The Hall–Kier alpha value is -5.48. The van der Waals surface area contributed by atoms with E-state index < -0.39 is 0 Å². The van der Waals surface area contributed by atoms with Gasteiger partial charge in [0, 0.05) is 38.9 Å². The summed E-state index contributed by atoms with van der Waals surface area (Å²) in [5, 5.41) is 1.17. The van der Waals surface area contributed by atoms with E-state index in [2.05, 4.69) is 209 Å². The third-order valence-corrected chi connectivity index (χ3v) is 15.6. The van der Waals surface area contributed by atoms with E-state index in [0.29, 0.717) is 0 Å². The number of nitrogens with zero attached hydrogens (tertiary/aromatic N) is 2. The third kappa shape index (κ3) is 5.44. The first-order chi connectivity index (χ1) is 29.2. The molecule has 0 radical (unpaired) electrons. The molecule has 3 nitrogen and oxygen atoms in total. The van der Waals surface area contributed by atoms with Gasteiger partial charge >= 0.3 is 6.85 Å². The first-order valence-corrected chi connectivity index (χ1v) is 23.0. The zero-order valence-corrected chi connectivity index (χ0v) is 39.2. The molecule has 4 heteroatoms. The van der Waals surface area contributed by atoms with Gasteiger partial charge in [0.1, 0.15) is 5.58 Å². The minimum Gasteiger partial charge on any atom is -0.440 e. The SMILES string of the molecule is Cc1cc2c(cc1N1c3cc(C(C)(C)C)cc4c3B(c3c1oc1ccccc31)N(c1ccc(C(C)(C)C)cc1)c1cc3c(cc1-4)-c1ccccc1C3(C)C)C(C)(C)CCC2(C)C. The summed E-state index contributed by atoms with van der Waals surface area (Å²) in [5.41, 5.74) is 23.2. The molecule has 11 rings (SSSR count). The molecule has 0 saturated heterocycles. The number of rotatable bonds is 2. The zero-order valence-electron chi connectivity index (χ0n) is 39.2. The maximum absolute atomic E-state index is 7.31. The number of furan rings is 1. The van der Waals surface area contributed by atoms with Crippen molar-refractivity contribution in [2.45, 2.75) is 130 Å². The molecule has 0 saturated carbocycles. The highest BCUT2D eigenvalue weighted by Gasteiger charge is 2.50. The molecular weight excluding hydrogens is 751 g/mol. The monoisotopic (exact) mass is 812 g/mol. The molecule has 6 aromatic carbocycles. The van der Waals surface area contributed by atoms with Crippen LogP contribution in [0.4, 0.5) is 28.6 Å². The minimum atomic E-state index is -0.148. The largest absolute Gasteiger partial charge is 0.440 e. The summed E-state index contributed by atoms with van der Waals surface area (Å²) in [4.78, 5) is 5.21. The first kappa shape index (κ1) is 39.4. The Morgan fingerprint density at radius 3 is 1.85 bits per heavy atom. The van der Waals surface area contributed by atoms with Gasteiger partial charge in [-0.3, -0.25) is 4.90 Å². The number of hydrogen-bond acceptors (Lipinski definition) is 3. The molecule has 0 bridgehead atoms. The lowest BCUT2D eigenvalue weighted by Crippen LogP contribution is -2.61. The van der Waals surface area contributed by atoms with Crippen molar-refractivity contribution in [2.24, 2.45) is 0 Å². The fourth-order valence-corrected chi connectivity index (χ4v) is 11.7. The van der Waals surface area contributed by atoms with Gasteiger partial charge in [-0.2, -0.15) is 0 Å². The molecule has 62 heavy (non-hydrogen) atoms. The highest BCUT2D eigenvalue weighted by atomic mass is 16.4. The molecule has 0 fully saturated rings. The maximum Gasteiger partial charge on any atom is 0.337 e. The molecule has 0 spiro atoms. The minimum absolute atomic E-state index is 0.0356. The molecule has 3 heterocycles. The lowest BCUT2D eigenvalue weighted by Gasteiger charge is -2.46. The zero-order chi connectivity index (χ0) is 43.6. The van der Waals surface area contributed by atoms with E-state index in [0.717, 1.165) is 17.9 Å². The molecule has 0 N–H and O–H groups in total. The van der Waals surface area contributed by atoms with E-state index in [4.69, 9.17) is 4.42 Å².